The third-order valence-corrected chi connectivity index (χ3v) is 4.74. The second kappa shape index (κ2) is 6.61. The molecule has 0 spiro atoms. The molecule has 1 amide bonds. The number of fused-ring (bicyclic) bond motifs is 1. The Morgan fingerprint density at radius 2 is 2.11 bits per heavy atom. The molecule has 3 heterocycles. The number of anilines is 1. The van der Waals surface area contributed by atoms with E-state index < -0.39 is 0 Å². The molecule has 0 saturated heterocycles. The molecule has 1 aliphatic rings. The van der Waals surface area contributed by atoms with Crippen molar-refractivity contribution in [3.8, 4) is 0 Å². The number of hydrogen-bond acceptors (Lipinski definition) is 5. The van der Waals surface area contributed by atoms with Gasteiger partial charge in [-0.25, -0.2) is 9.20 Å². The van der Waals surface area contributed by atoms with Gasteiger partial charge in [0.25, 0.3) is 5.56 Å². The summed E-state index contributed by atoms with van der Waals surface area (Å²) in [6, 6.07) is 3.65. The van der Waals surface area contributed by atoms with Crippen molar-refractivity contribution in [2.75, 3.05) is 5.32 Å². The van der Waals surface area contributed by atoms with Crippen molar-refractivity contribution in [1.82, 2.24) is 24.4 Å². The Bertz CT molecular complexity index is 1080. The molecular weight excluding hydrogens is 344 g/mol. The molecule has 3 aromatic rings. The van der Waals surface area contributed by atoms with Crippen LogP contribution in [0.4, 0.5) is 5.69 Å². The van der Waals surface area contributed by atoms with Gasteiger partial charge in [0.2, 0.25) is 5.91 Å². The maximum absolute atomic E-state index is 12.9. The highest BCUT2D eigenvalue weighted by molar-refractivity contribution is 5.91. The zero-order chi connectivity index (χ0) is 19.1. The van der Waals surface area contributed by atoms with Gasteiger partial charge in [0, 0.05) is 18.0 Å². The number of amides is 1. The Kier molecular flexibility index (Phi) is 4.25. The van der Waals surface area contributed by atoms with Crippen molar-refractivity contribution in [3.05, 3.63) is 52.0 Å². The molecule has 0 radical (unpaired) electrons. The molecule has 0 aromatic carbocycles. The van der Waals surface area contributed by atoms with Crippen LogP contribution in [0.25, 0.3) is 5.52 Å². The quantitative estimate of drug-likeness (QED) is 0.747. The smallest absolute Gasteiger partial charge is 0.293 e. The van der Waals surface area contributed by atoms with Gasteiger partial charge in [0.05, 0.1) is 17.6 Å². The Hall–Kier alpha value is -3.03. The molecule has 4 rings (SSSR count). The molecule has 27 heavy (non-hydrogen) atoms. The number of nitrogens with one attached hydrogen (secondary N) is 1. The normalized spacial score (nSPS) is 14.1. The lowest BCUT2D eigenvalue weighted by molar-refractivity contribution is -0.117. The van der Waals surface area contributed by atoms with Gasteiger partial charge >= 0.3 is 0 Å². The fourth-order valence-electron chi connectivity index (χ4n) is 3.04. The van der Waals surface area contributed by atoms with Gasteiger partial charge in [-0.3, -0.25) is 14.6 Å². The van der Waals surface area contributed by atoms with Crippen LogP contribution in [0.2, 0.25) is 0 Å². The lowest BCUT2D eigenvalue weighted by Crippen LogP contribution is -2.32. The zero-order valence-electron chi connectivity index (χ0n) is 15.6. The van der Waals surface area contributed by atoms with Gasteiger partial charge in [-0.05, 0) is 37.5 Å². The largest absolute Gasteiger partial charge is 0.323 e. The summed E-state index contributed by atoms with van der Waals surface area (Å²) < 4.78 is 2.87. The molecular formula is C19H22N6O2. The lowest BCUT2D eigenvalue weighted by Gasteiger charge is -2.12. The topological polar surface area (TPSA) is 94.2 Å². The molecule has 1 saturated carbocycles. The van der Waals surface area contributed by atoms with Crippen LogP contribution in [0.15, 0.2) is 29.3 Å². The Morgan fingerprint density at radius 1 is 1.33 bits per heavy atom. The average molecular weight is 366 g/mol. The van der Waals surface area contributed by atoms with Crippen LogP contribution in [0.3, 0.4) is 0 Å². The maximum atomic E-state index is 12.9. The van der Waals surface area contributed by atoms with Crippen LogP contribution in [0.5, 0.6) is 0 Å². The van der Waals surface area contributed by atoms with E-state index in [-0.39, 0.29) is 23.9 Å². The minimum atomic E-state index is -0.318. The predicted molar refractivity (Wildman–Crippen MR) is 101 cm³/mol. The highest BCUT2D eigenvalue weighted by atomic mass is 16.2. The number of rotatable bonds is 5. The third-order valence-electron chi connectivity index (χ3n) is 4.74. The molecule has 8 nitrogen and oxygen atoms in total. The van der Waals surface area contributed by atoms with Crippen molar-refractivity contribution >= 4 is 17.1 Å². The first-order valence-electron chi connectivity index (χ1n) is 9.15. The Morgan fingerprint density at radius 3 is 2.78 bits per heavy atom. The summed E-state index contributed by atoms with van der Waals surface area (Å²) >= 11 is 0. The molecule has 0 aliphatic heterocycles. The highest BCUT2D eigenvalue weighted by Gasteiger charge is 2.28. The van der Waals surface area contributed by atoms with Crippen LogP contribution in [0, 0.1) is 6.92 Å². The van der Waals surface area contributed by atoms with Crippen molar-refractivity contribution in [2.24, 2.45) is 0 Å². The minimum absolute atomic E-state index is 0.0648. The van der Waals surface area contributed by atoms with E-state index >= 15 is 0 Å². The van der Waals surface area contributed by atoms with E-state index in [0.717, 1.165) is 24.1 Å². The number of aryl methyl sites for hydroxylation is 1. The van der Waals surface area contributed by atoms with E-state index in [1.165, 1.54) is 4.68 Å². The van der Waals surface area contributed by atoms with E-state index in [1.54, 1.807) is 16.9 Å². The summed E-state index contributed by atoms with van der Waals surface area (Å²) in [5.74, 6) is 0.855. The third kappa shape index (κ3) is 3.34. The summed E-state index contributed by atoms with van der Waals surface area (Å²) in [6.45, 7) is 5.71. The molecule has 1 aliphatic carbocycles. The number of nitrogens with zero attached hydrogens (tertiary/aromatic N) is 5. The molecule has 0 unspecified atom stereocenters. The summed E-state index contributed by atoms with van der Waals surface area (Å²) in [7, 11) is 0. The molecule has 0 atom stereocenters. The van der Waals surface area contributed by atoms with Crippen LogP contribution in [-0.2, 0) is 11.3 Å². The van der Waals surface area contributed by atoms with Crippen LogP contribution < -0.4 is 10.9 Å². The predicted octanol–water partition coefficient (Wildman–Crippen LogP) is 2.23. The highest BCUT2D eigenvalue weighted by Crippen LogP contribution is 2.39. The SMILES string of the molecule is Cc1ccncc1NC(=O)Cn1nc(C(C)C)n2nc(C3CC3)cc2c1=O. The van der Waals surface area contributed by atoms with Crippen LogP contribution in [0.1, 0.15) is 55.6 Å². The summed E-state index contributed by atoms with van der Waals surface area (Å²) in [6.07, 6.45) is 5.47. The van der Waals surface area contributed by atoms with E-state index in [9.17, 15) is 9.59 Å². The number of hydrogen-bond donors (Lipinski definition) is 1. The van der Waals surface area contributed by atoms with Crippen molar-refractivity contribution in [1.29, 1.82) is 0 Å². The van der Waals surface area contributed by atoms with Gasteiger partial charge in [-0.2, -0.15) is 10.2 Å². The Labute approximate surface area is 156 Å². The first-order chi connectivity index (χ1) is 12.9. The number of aromatic nitrogens is 5. The standard InChI is InChI=1S/C19H22N6O2/c1-11(2)18-23-24(10-17(26)21-15-9-20-7-6-12(15)3)19(27)16-8-14(13-4-5-13)22-25(16)18/h6-9,11,13H,4-5,10H2,1-3H3,(H,21,26). The molecule has 1 N–H and O–H groups in total. The van der Waals surface area contributed by atoms with Crippen molar-refractivity contribution < 1.29 is 4.79 Å². The number of pyridine rings is 1. The van der Waals surface area contributed by atoms with Crippen molar-refractivity contribution in [3.63, 3.8) is 0 Å². The summed E-state index contributed by atoms with van der Waals surface area (Å²) in [5.41, 5.74) is 2.63. The van der Waals surface area contributed by atoms with Gasteiger partial charge in [-0.15, -0.1) is 0 Å². The van der Waals surface area contributed by atoms with Crippen LogP contribution >= 0.6 is 0 Å². The Balaban J connectivity index is 1.68. The molecule has 140 valence electrons. The average Bonchev–Trinajstić information content (AvgIpc) is 3.38. The molecule has 0 bridgehead atoms. The van der Waals surface area contributed by atoms with E-state index in [0.29, 0.717) is 22.9 Å². The number of carbonyl (C=O) groups is 1. The minimum Gasteiger partial charge on any atom is -0.323 e. The monoisotopic (exact) mass is 366 g/mol. The van der Waals surface area contributed by atoms with Gasteiger partial charge in [0.1, 0.15) is 12.1 Å². The van der Waals surface area contributed by atoms with E-state index in [2.05, 4.69) is 20.5 Å². The lowest BCUT2D eigenvalue weighted by atomic mass is 10.2. The van der Waals surface area contributed by atoms with Gasteiger partial charge in [-0.1, -0.05) is 13.8 Å². The number of carbonyl (C=O) groups excluding carboxylic acids is 1. The first kappa shape index (κ1) is 17.4. The van der Waals surface area contributed by atoms with E-state index in [4.69, 9.17) is 0 Å². The van der Waals surface area contributed by atoms with Gasteiger partial charge < -0.3 is 5.32 Å². The first-order valence-corrected chi connectivity index (χ1v) is 9.15. The summed E-state index contributed by atoms with van der Waals surface area (Å²) in [5, 5.41) is 11.8. The molecule has 1 fully saturated rings. The van der Waals surface area contributed by atoms with Crippen LogP contribution in [-0.4, -0.2) is 30.3 Å². The molecule has 3 aromatic heterocycles. The second-order valence-corrected chi connectivity index (χ2v) is 7.35. The second-order valence-electron chi connectivity index (χ2n) is 7.35. The maximum Gasteiger partial charge on any atom is 0.293 e. The fourth-order valence-corrected chi connectivity index (χ4v) is 3.04. The fraction of sp³-hybridized carbons (Fsp3) is 0.421. The van der Waals surface area contributed by atoms with Crippen molar-refractivity contribution in [2.45, 2.75) is 52.0 Å². The van der Waals surface area contributed by atoms with E-state index in [1.807, 2.05) is 32.9 Å². The molecule has 8 heteroatoms. The zero-order valence-corrected chi connectivity index (χ0v) is 15.6. The summed E-state index contributed by atoms with van der Waals surface area (Å²) in [4.78, 5) is 29.3. The van der Waals surface area contributed by atoms with Gasteiger partial charge in [0.15, 0.2) is 5.82 Å².